The Hall–Kier alpha value is -1.39. The van der Waals surface area contributed by atoms with Crippen LogP contribution in [0, 0.1) is 11.3 Å². The molecule has 1 aliphatic rings. The monoisotopic (exact) mass is 394 g/mol. The van der Waals surface area contributed by atoms with Crippen LogP contribution in [0.15, 0.2) is 23.9 Å². The molecule has 6 nitrogen and oxygen atoms in total. The molecule has 0 aromatic carbocycles. The molecule has 1 aliphatic heterocycles. The summed E-state index contributed by atoms with van der Waals surface area (Å²) in [7, 11) is 0. The van der Waals surface area contributed by atoms with Crippen LogP contribution in [0.25, 0.3) is 0 Å². The van der Waals surface area contributed by atoms with Gasteiger partial charge in [-0.15, -0.1) is 0 Å². The molecule has 0 aromatic heterocycles. The van der Waals surface area contributed by atoms with Crippen molar-refractivity contribution < 1.29 is 19.3 Å². The SMILES string of the molecule is CCCCCN(/C=C/C=C(\C#N)CC(O)OCC1COC(C)(C)O1)CCCC. The van der Waals surface area contributed by atoms with E-state index >= 15 is 0 Å². The standard InChI is InChI=1S/C22H38N2O4/c1-5-7-9-13-24(12-8-6-2)14-10-11-19(16-23)15-21(25)26-17-20-18-27-22(3,4)28-20/h10-11,14,20-21,25H,5-9,12-13,15,17-18H2,1-4H3/b14-10+,19-11-. The van der Waals surface area contributed by atoms with Crippen molar-refractivity contribution >= 4 is 0 Å². The second kappa shape index (κ2) is 13.7. The summed E-state index contributed by atoms with van der Waals surface area (Å²) >= 11 is 0. The van der Waals surface area contributed by atoms with Gasteiger partial charge in [-0.3, -0.25) is 0 Å². The predicted molar refractivity (Wildman–Crippen MR) is 110 cm³/mol. The molecule has 28 heavy (non-hydrogen) atoms. The van der Waals surface area contributed by atoms with Crippen molar-refractivity contribution in [2.24, 2.45) is 0 Å². The molecule has 1 fully saturated rings. The molecule has 0 aromatic rings. The number of allylic oxidation sites excluding steroid dienone is 2. The molecule has 1 heterocycles. The number of hydrogen-bond acceptors (Lipinski definition) is 6. The molecule has 1 saturated heterocycles. The Morgan fingerprint density at radius 3 is 2.61 bits per heavy atom. The van der Waals surface area contributed by atoms with E-state index in [4.69, 9.17) is 14.2 Å². The zero-order chi connectivity index (χ0) is 20.8. The lowest BCUT2D eigenvalue weighted by Crippen LogP contribution is -2.26. The van der Waals surface area contributed by atoms with E-state index in [0.717, 1.165) is 25.9 Å². The third-order valence-electron chi connectivity index (χ3n) is 4.52. The summed E-state index contributed by atoms with van der Waals surface area (Å²) in [4.78, 5) is 2.30. The average molecular weight is 395 g/mol. The molecule has 0 radical (unpaired) electrons. The molecular weight excluding hydrogens is 356 g/mol. The third-order valence-corrected chi connectivity index (χ3v) is 4.52. The molecular formula is C22H38N2O4. The van der Waals surface area contributed by atoms with Gasteiger partial charge < -0.3 is 24.2 Å². The maximum Gasteiger partial charge on any atom is 0.163 e. The molecule has 2 unspecified atom stereocenters. The summed E-state index contributed by atoms with van der Waals surface area (Å²) < 4.78 is 16.5. The summed E-state index contributed by atoms with van der Waals surface area (Å²) in [5.74, 6) is -0.609. The summed E-state index contributed by atoms with van der Waals surface area (Å²) in [6.07, 6.45) is 10.5. The second-order valence-electron chi connectivity index (χ2n) is 7.68. The number of nitriles is 1. The highest BCUT2D eigenvalue weighted by Crippen LogP contribution is 2.22. The van der Waals surface area contributed by atoms with Gasteiger partial charge in [0.25, 0.3) is 0 Å². The first-order valence-electron chi connectivity index (χ1n) is 10.5. The number of rotatable bonds is 14. The fourth-order valence-electron chi connectivity index (χ4n) is 2.93. The minimum Gasteiger partial charge on any atom is -0.377 e. The number of unbranched alkanes of at least 4 members (excludes halogenated alkanes) is 3. The Morgan fingerprint density at radius 2 is 2.00 bits per heavy atom. The van der Waals surface area contributed by atoms with Crippen molar-refractivity contribution in [2.45, 2.75) is 84.4 Å². The maximum absolute atomic E-state index is 10.1. The van der Waals surface area contributed by atoms with Crippen molar-refractivity contribution in [1.82, 2.24) is 4.90 Å². The second-order valence-corrected chi connectivity index (χ2v) is 7.68. The lowest BCUT2D eigenvalue weighted by Gasteiger charge is -2.19. The van der Waals surface area contributed by atoms with Crippen LogP contribution in [0.3, 0.4) is 0 Å². The van der Waals surface area contributed by atoms with Crippen LogP contribution in [0.4, 0.5) is 0 Å². The number of hydrogen-bond donors (Lipinski definition) is 1. The Morgan fingerprint density at radius 1 is 1.29 bits per heavy atom. The van der Waals surface area contributed by atoms with Crippen LogP contribution in [0.1, 0.15) is 66.2 Å². The topological polar surface area (TPSA) is 75.0 Å². The lowest BCUT2D eigenvalue weighted by atomic mass is 10.2. The highest BCUT2D eigenvalue weighted by molar-refractivity contribution is 5.25. The molecule has 0 amide bonds. The van der Waals surface area contributed by atoms with Crippen molar-refractivity contribution in [2.75, 3.05) is 26.3 Å². The van der Waals surface area contributed by atoms with E-state index in [1.165, 1.54) is 19.3 Å². The van der Waals surface area contributed by atoms with Crippen LogP contribution < -0.4 is 0 Å². The predicted octanol–water partition coefficient (Wildman–Crippen LogP) is 4.12. The molecule has 0 aliphatic carbocycles. The van der Waals surface area contributed by atoms with Gasteiger partial charge in [0.2, 0.25) is 0 Å². The molecule has 0 saturated carbocycles. The Balaban J connectivity index is 2.44. The minimum atomic E-state index is -1.03. The van der Waals surface area contributed by atoms with E-state index in [9.17, 15) is 10.4 Å². The molecule has 1 N–H and O–H groups in total. The fourth-order valence-corrected chi connectivity index (χ4v) is 2.93. The van der Waals surface area contributed by atoms with Crippen LogP contribution in [0.5, 0.6) is 0 Å². The van der Waals surface area contributed by atoms with Crippen molar-refractivity contribution in [3.63, 3.8) is 0 Å². The summed E-state index contributed by atoms with van der Waals surface area (Å²) in [5.41, 5.74) is 0.483. The van der Waals surface area contributed by atoms with Gasteiger partial charge in [-0.2, -0.15) is 5.26 Å². The molecule has 1 rings (SSSR count). The first-order valence-corrected chi connectivity index (χ1v) is 10.5. The highest BCUT2D eigenvalue weighted by Gasteiger charge is 2.33. The van der Waals surface area contributed by atoms with Gasteiger partial charge in [0.05, 0.1) is 19.3 Å². The maximum atomic E-state index is 10.1. The first kappa shape index (κ1) is 24.6. The molecule has 160 valence electrons. The average Bonchev–Trinajstić information content (AvgIpc) is 3.02. The zero-order valence-corrected chi connectivity index (χ0v) is 18.0. The number of nitrogens with zero attached hydrogens (tertiary/aromatic N) is 2. The molecule has 6 heteroatoms. The Bertz CT molecular complexity index is 525. The smallest absolute Gasteiger partial charge is 0.163 e. The van der Waals surface area contributed by atoms with E-state index in [1.807, 2.05) is 26.1 Å². The third kappa shape index (κ3) is 10.8. The van der Waals surface area contributed by atoms with Crippen LogP contribution >= 0.6 is 0 Å². The normalized spacial score (nSPS) is 20.4. The van der Waals surface area contributed by atoms with Gasteiger partial charge in [0.15, 0.2) is 12.1 Å². The van der Waals surface area contributed by atoms with Gasteiger partial charge in [0.1, 0.15) is 6.10 Å². The molecule has 0 bridgehead atoms. The number of aliphatic hydroxyl groups is 1. The van der Waals surface area contributed by atoms with E-state index in [2.05, 4.69) is 24.8 Å². The fraction of sp³-hybridized carbons (Fsp3) is 0.773. The van der Waals surface area contributed by atoms with E-state index in [1.54, 1.807) is 6.08 Å². The van der Waals surface area contributed by atoms with Crippen molar-refractivity contribution in [1.29, 1.82) is 5.26 Å². The molecule has 0 spiro atoms. The molecule has 2 atom stereocenters. The minimum absolute atomic E-state index is 0.155. The van der Waals surface area contributed by atoms with Crippen molar-refractivity contribution in [3.8, 4) is 6.07 Å². The van der Waals surface area contributed by atoms with E-state index < -0.39 is 12.1 Å². The van der Waals surface area contributed by atoms with Gasteiger partial charge in [-0.25, -0.2) is 0 Å². The summed E-state index contributed by atoms with van der Waals surface area (Å²) in [6, 6.07) is 2.14. The van der Waals surface area contributed by atoms with Gasteiger partial charge in [-0.1, -0.05) is 33.1 Å². The zero-order valence-electron chi connectivity index (χ0n) is 18.0. The van der Waals surface area contributed by atoms with Gasteiger partial charge in [0, 0.05) is 25.1 Å². The highest BCUT2D eigenvalue weighted by atomic mass is 16.8. The van der Waals surface area contributed by atoms with Crippen molar-refractivity contribution in [3.05, 3.63) is 23.9 Å². The van der Waals surface area contributed by atoms with Gasteiger partial charge in [-0.05, 0) is 45.0 Å². The number of aliphatic hydroxyl groups excluding tert-OH is 1. The Labute approximate surface area is 170 Å². The number of ether oxygens (including phenoxy) is 3. The lowest BCUT2D eigenvalue weighted by molar-refractivity contribution is -0.163. The summed E-state index contributed by atoms with van der Waals surface area (Å²) in [6.45, 7) is 10.8. The van der Waals surface area contributed by atoms with Crippen LogP contribution in [-0.2, 0) is 14.2 Å². The van der Waals surface area contributed by atoms with Crippen LogP contribution in [-0.4, -0.2) is 54.5 Å². The quantitative estimate of drug-likeness (QED) is 0.207. The van der Waals surface area contributed by atoms with Gasteiger partial charge >= 0.3 is 0 Å². The summed E-state index contributed by atoms with van der Waals surface area (Å²) in [5, 5.41) is 19.4. The van der Waals surface area contributed by atoms with E-state index in [0.29, 0.717) is 12.2 Å². The first-order chi connectivity index (χ1) is 13.4. The largest absolute Gasteiger partial charge is 0.377 e. The Kier molecular flexibility index (Phi) is 12.1. The van der Waals surface area contributed by atoms with E-state index in [-0.39, 0.29) is 19.1 Å². The van der Waals surface area contributed by atoms with Crippen LogP contribution in [0.2, 0.25) is 0 Å².